The summed E-state index contributed by atoms with van der Waals surface area (Å²) in [6.45, 7) is 2.10. The van der Waals surface area contributed by atoms with Gasteiger partial charge in [0.05, 0.1) is 11.6 Å². The van der Waals surface area contributed by atoms with Crippen molar-refractivity contribution in [3.8, 4) is 0 Å². The SMILES string of the molecule is C[C@@H](N)C(=O)N[C@H](Cc1ccc2ccccc2c1)C(=O)N[C@@H](Cc1c[nH]c2ccccc12)C(=O)N[C@H](Cc1ccccc1)C(=O)N[C@@H](CCCCNc1ccc2cc(I)ccc2n1)C(N)=O. The fourth-order valence-electron chi connectivity index (χ4n) is 7.89. The van der Waals surface area contributed by atoms with Crippen LogP contribution in [0.2, 0.25) is 0 Å². The first-order chi connectivity index (χ1) is 31.9. The van der Waals surface area contributed by atoms with Gasteiger partial charge in [-0.05, 0) is 113 Å². The first-order valence-corrected chi connectivity index (χ1v) is 23.1. The number of halogens is 1. The zero-order valence-corrected chi connectivity index (χ0v) is 38.7. The van der Waals surface area contributed by atoms with Crippen LogP contribution in [-0.4, -0.2) is 76.3 Å². The van der Waals surface area contributed by atoms with Crippen LogP contribution in [0.25, 0.3) is 32.6 Å². The maximum atomic E-state index is 14.6. The van der Waals surface area contributed by atoms with Crippen molar-refractivity contribution < 1.29 is 24.0 Å². The molecule has 0 aliphatic rings. The number of pyridine rings is 1. The van der Waals surface area contributed by atoms with Crippen LogP contribution >= 0.6 is 22.6 Å². The van der Waals surface area contributed by atoms with E-state index >= 15 is 0 Å². The molecular formula is C51H54IN9O5. The van der Waals surface area contributed by atoms with Crippen LogP contribution in [0.5, 0.6) is 0 Å². The second-order valence-corrected chi connectivity index (χ2v) is 17.8. The lowest BCUT2D eigenvalue weighted by atomic mass is 9.99. The Kier molecular flexibility index (Phi) is 16.0. The van der Waals surface area contributed by atoms with Crippen molar-refractivity contribution in [2.75, 3.05) is 11.9 Å². The van der Waals surface area contributed by atoms with Crippen LogP contribution in [0.4, 0.5) is 5.82 Å². The van der Waals surface area contributed by atoms with E-state index in [1.165, 1.54) is 6.92 Å². The lowest BCUT2D eigenvalue weighted by Crippen LogP contribution is -2.59. The smallest absolute Gasteiger partial charge is 0.243 e. The number of nitrogens with one attached hydrogen (secondary N) is 6. The third-order valence-electron chi connectivity index (χ3n) is 11.5. The number of aromatic nitrogens is 2. The average Bonchev–Trinajstić information content (AvgIpc) is 3.72. The highest BCUT2D eigenvalue weighted by atomic mass is 127. The van der Waals surface area contributed by atoms with Gasteiger partial charge in [0.25, 0.3) is 0 Å². The summed E-state index contributed by atoms with van der Waals surface area (Å²) in [6, 6.07) is 35.0. The molecule has 5 atom stereocenters. The molecule has 14 nitrogen and oxygen atoms in total. The molecule has 7 rings (SSSR count). The number of rotatable bonds is 21. The predicted octanol–water partition coefficient (Wildman–Crippen LogP) is 5.56. The van der Waals surface area contributed by atoms with Gasteiger partial charge >= 0.3 is 0 Å². The van der Waals surface area contributed by atoms with Gasteiger partial charge in [-0.15, -0.1) is 0 Å². The minimum Gasteiger partial charge on any atom is -0.370 e. The van der Waals surface area contributed by atoms with Crippen molar-refractivity contribution in [3.05, 3.63) is 154 Å². The van der Waals surface area contributed by atoms with Crippen LogP contribution in [0.1, 0.15) is 42.9 Å². The van der Waals surface area contributed by atoms with Crippen LogP contribution < -0.4 is 38.1 Å². The molecule has 0 aliphatic carbocycles. The lowest BCUT2D eigenvalue weighted by Gasteiger charge is -2.27. The number of anilines is 1. The molecule has 7 aromatic rings. The standard InChI is InChI=1S/C51H54IN9O5/c1-31(53)48(63)59-44(27-33-18-19-34-13-5-6-14-35(34)25-33)50(65)61-45(29-37-30-56-41-16-8-7-15-39(37)41)51(66)60-43(26-32-11-3-2-4-12-32)49(64)58-42(47(54)62)17-9-10-24-55-46-23-20-36-28-38(52)21-22-40(36)57-46/h2-8,11-16,18-23,25,28,30-31,42-45,56H,9-10,17,24,26-27,29,53H2,1H3,(H2,54,62)(H,55,57)(H,58,64)(H,59,63)(H,60,66)(H,61,65)/t31-,42+,43-,44-,45+/m1/s1. The molecule has 2 aromatic heterocycles. The number of unbranched alkanes of at least 4 members (excludes halogenated alkanes) is 1. The Labute approximate surface area is 396 Å². The van der Waals surface area contributed by atoms with Gasteiger partial charge in [0.1, 0.15) is 30.0 Å². The van der Waals surface area contributed by atoms with E-state index in [-0.39, 0.29) is 25.7 Å². The van der Waals surface area contributed by atoms with E-state index in [0.29, 0.717) is 19.4 Å². The Balaban J connectivity index is 1.08. The number of H-pyrrole nitrogens is 1. The van der Waals surface area contributed by atoms with Crippen molar-refractivity contribution in [2.24, 2.45) is 11.5 Å². The molecule has 5 amide bonds. The largest absolute Gasteiger partial charge is 0.370 e. The minimum absolute atomic E-state index is 0.0389. The molecular weight excluding hydrogens is 946 g/mol. The number of hydrogen-bond donors (Lipinski definition) is 8. The zero-order chi connectivity index (χ0) is 46.6. The predicted molar refractivity (Wildman–Crippen MR) is 267 cm³/mol. The number of amides is 5. The van der Waals surface area contributed by atoms with E-state index in [1.54, 1.807) is 6.20 Å². The molecule has 0 radical (unpaired) electrons. The Morgan fingerprint density at radius 3 is 1.97 bits per heavy atom. The van der Waals surface area contributed by atoms with Gasteiger partial charge in [-0.1, -0.05) is 91.0 Å². The van der Waals surface area contributed by atoms with Crippen molar-refractivity contribution in [1.29, 1.82) is 0 Å². The molecule has 0 bridgehead atoms. The number of para-hydroxylation sites is 1. The summed E-state index contributed by atoms with van der Waals surface area (Å²) in [5, 5.41) is 18.6. The van der Waals surface area contributed by atoms with Crippen LogP contribution in [-0.2, 0) is 43.2 Å². The number of nitrogens with zero attached hydrogens (tertiary/aromatic N) is 1. The fourth-order valence-corrected chi connectivity index (χ4v) is 8.41. The van der Waals surface area contributed by atoms with Gasteiger partial charge in [0.15, 0.2) is 0 Å². The molecule has 66 heavy (non-hydrogen) atoms. The van der Waals surface area contributed by atoms with Crippen LogP contribution in [0.3, 0.4) is 0 Å². The van der Waals surface area contributed by atoms with Gasteiger partial charge in [-0.25, -0.2) is 4.98 Å². The Morgan fingerprint density at radius 1 is 0.621 bits per heavy atom. The summed E-state index contributed by atoms with van der Waals surface area (Å²) in [5.74, 6) is -2.38. The van der Waals surface area contributed by atoms with E-state index in [0.717, 1.165) is 58.7 Å². The van der Waals surface area contributed by atoms with Crippen molar-refractivity contribution >= 4 is 90.5 Å². The normalized spacial score (nSPS) is 13.6. The third-order valence-corrected chi connectivity index (χ3v) is 12.2. The van der Waals surface area contributed by atoms with Crippen LogP contribution in [0, 0.1) is 3.57 Å². The second-order valence-electron chi connectivity index (χ2n) is 16.5. The summed E-state index contributed by atoms with van der Waals surface area (Å²) >= 11 is 2.27. The topological polar surface area (TPSA) is 226 Å². The quantitative estimate of drug-likeness (QED) is 0.0336. The van der Waals surface area contributed by atoms with E-state index in [1.807, 2.05) is 121 Å². The monoisotopic (exact) mass is 999 g/mol. The number of benzene rings is 5. The number of aromatic amines is 1. The Morgan fingerprint density at radius 2 is 1.24 bits per heavy atom. The summed E-state index contributed by atoms with van der Waals surface area (Å²) in [7, 11) is 0. The highest BCUT2D eigenvalue weighted by Gasteiger charge is 2.32. The van der Waals surface area contributed by atoms with E-state index in [4.69, 9.17) is 11.5 Å². The van der Waals surface area contributed by atoms with E-state index in [2.05, 4.69) is 65.2 Å². The molecule has 5 aromatic carbocycles. The van der Waals surface area contributed by atoms with Gasteiger partial charge in [0, 0.05) is 51.9 Å². The van der Waals surface area contributed by atoms with Crippen molar-refractivity contribution in [3.63, 3.8) is 0 Å². The first-order valence-electron chi connectivity index (χ1n) is 22.0. The molecule has 0 fully saturated rings. The highest BCUT2D eigenvalue weighted by Crippen LogP contribution is 2.22. The molecule has 0 saturated carbocycles. The number of carbonyl (C=O) groups excluding carboxylic acids is 5. The van der Waals surface area contributed by atoms with Gasteiger partial charge in [-0.3, -0.25) is 24.0 Å². The molecule has 2 heterocycles. The highest BCUT2D eigenvalue weighted by molar-refractivity contribution is 14.1. The molecule has 0 saturated heterocycles. The van der Waals surface area contributed by atoms with Gasteiger partial charge in [0.2, 0.25) is 29.5 Å². The molecule has 0 unspecified atom stereocenters. The number of fused-ring (bicyclic) bond motifs is 3. The molecule has 10 N–H and O–H groups in total. The fraction of sp³-hybridized carbons (Fsp3) is 0.255. The number of hydrogen-bond acceptors (Lipinski definition) is 8. The van der Waals surface area contributed by atoms with Crippen molar-refractivity contribution in [2.45, 2.75) is 75.7 Å². The number of primary amides is 1. The van der Waals surface area contributed by atoms with Gasteiger partial charge in [-0.2, -0.15) is 0 Å². The summed E-state index contributed by atoms with van der Waals surface area (Å²) in [6.07, 6.45) is 3.50. The van der Waals surface area contributed by atoms with E-state index < -0.39 is 59.7 Å². The third kappa shape index (κ3) is 12.7. The van der Waals surface area contributed by atoms with Crippen molar-refractivity contribution in [1.82, 2.24) is 31.2 Å². The first kappa shape index (κ1) is 47.1. The summed E-state index contributed by atoms with van der Waals surface area (Å²) in [4.78, 5) is 77.0. The zero-order valence-electron chi connectivity index (χ0n) is 36.6. The summed E-state index contributed by atoms with van der Waals surface area (Å²) in [5.41, 5.74) is 15.8. The molecule has 0 aliphatic heterocycles. The van der Waals surface area contributed by atoms with Crippen LogP contribution in [0.15, 0.2) is 134 Å². The average molecular weight is 1000 g/mol. The maximum absolute atomic E-state index is 14.6. The second kappa shape index (κ2) is 22.4. The minimum atomic E-state index is -1.21. The molecule has 15 heteroatoms. The van der Waals surface area contributed by atoms with Gasteiger partial charge < -0.3 is 43.0 Å². The number of carbonyl (C=O) groups is 5. The maximum Gasteiger partial charge on any atom is 0.243 e. The molecule has 340 valence electrons. The summed E-state index contributed by atoms with van der Waals surface area (Å²) < 4.78 is 1.13. The number of nitrogens with two attached hydrogens (primary N) is 2. The van der Waals surface area contributed by atoms with E-state index in [9.17, 15) is 24.0 Å². The molecule has 0 spiro atoms. The Bertz CT molecular complexity index is 2830. The Hall–Kier alpha value is -6.85. The lowest BCUT2D eigenvalue weighted by molar-refractivity contribution is -0.134.